The summed E-state index contributed by atoms with van der Waals surface area (Å²) >= 11 is 0. The predicted octanol–water partition coefficient (Wildman–Crippen LogP) is 3.94. The molecule has 26 heavy (non-hydrogen) atoms. The van der Waals surface area contributed by atoms with E-state index in [1.54, 1.807) is 30.6 Å². The minimum atomic E-state index is -0.620. The van der Waals surface area contributed by atoms with Gasteiger partial charge in [-0.1, -0.05) is 12.1 Å². The topological polar surface area (TPSA) is 64.1 Å². The van der Waals surface area contributed by atoms with Crippen molar-refractivity contribution in [2.75, 3.05) is 0 Å². The molecule has 1 aromatic carbocycles. The van der Waals surface area contributed by atoms with E-state index < -0.39 is 24.1 Å². The maximum absolute atomic E-state index is 13.4. The number of pyridine rings is 2. The van der Waals surface area contributed by atoms with Gasteiger partial charge in [-0.25, -0.2) is 13.6 Å². The average Bonchev–Trinajstić information content (AvgIpc) is 3.04. The third-order valence-electron chi connectivity index (χ3n) is 4.17. The molecule has 4 rings (SSSR count). The van der Waals surface area contributed by atoms with E-state index in [0.717, 1.165) is 6.20 Å². The Morgan fingerprint density at radius 3 is 2.27 bits per heavy atom. The molecule has 2 atom stereocenters. The highest BCUT2D eigenvalue weighted by Crippen LogP contribution is 2.37. The lowest BCUT2D eigenvalue weighted by Gasteiger charge is -2.18. The predicted molar refractivity (Wildman–Crippen MR) is 88.9 cm³/mol. The standard InChI is InChI=1S/C19H13F2N3O2/c20-15-3-1-11(2-4-15)18-17(24-19(25)26-18)14-5-12(7-22-9-14)13-6-16(21)10-23-8-13/h1-10,17-18H,(H,24,25)/t17-,18-/m0/s1. The highest BCUT2D eigenvalue weighted by atomic mass is 19.1. The fraction of sp³-hybridized carbons (Fsp3) is 0.105. The lowest BCUT2D eigenvalue weighted by molar-refractivity contribution is 0.132. The number of cyclic esters (lactones) is 1. The number of carbonyl (C=O) groups excluding carboxylic acids is 1. The van der Waals surface area contributed by atoms with Crippen LogP contribution in [0.4, 0.5) is 13.6 Å². The van der Waals surface area contributed by atoms with Crippen molar-refractivity contribution in [1.82, 2.24) is 15.3 Å². The maximum Gasteiger partial charge on any atom is 0.408 e. The van der Waals surface area contributed by atoms with Crippen LogP contribution in [0.25, 0.3) is 11.1 Å². The van der Waals surface area contributed by atoms with Crippen molar-refractivity contribution in [2.24, 2.45) is 0 Å². The molecule has 0 bridgehead atoms. The number of aromatic nitrogens is 2. The summed E-state index contributed by atoms with van der Waals surface area (Å²) in [5.41, 5.74) is 2.58. The van der Waals surface area contributed by atoms with Gasteiger partial charge in [-0.15, -0.1) is 0 Å². The molecule has 0 radical (unpaired) electrons. The molecular weight excluding hydrogens is 340 g/mol. The summed E-state index contributed by atoms with van der Waals surface area (Å²) in [6.45, 7) is 0. The number of halogens is 2. The Balaban J connectivity index is 1.70. The average molecular weight is 353 g/mol. The number of alkyl carbamates (subject to hydrolysis) is 1. The Morgan fingerprint density at radius 2 is 1.54 bits per heavy atom. The zero-order chi connectivity index (χ0) is 18.1. The number of amides is 1. The normalized spacial score (nSPS) is 19.1. The van der Waals surface area contributed by atoms with Crippen molar-refractivity contribution in [2.45, 2.75) is 12.1 Å². The second-order valence-electron chi connectivity index (χ2n) is 5.90. The van der Waals surface area contributed by atoms with Gasteiger partial charge in [0.25, 0.3) is 0 Å². The van der Waals surface area contributed by atoms with Gasteiger partial charge in [-0.2, -0.15) is 0 Å². The third kappa shape index (κ3) is 3.11. The van der Waals surface area contributed by atoms with Gasteiger partial charge in [-0.05, 0) is 35.4 Å². The van der Waals surface area contributed by atoms with E-state index >= 15 is 0 Å². The molecule has 3 aromatic rings. The van der Waals surface area contributed by atoms with Crippen molar-refractivity contribution >= 4 is 6.09 Å². The number of ether oxygens (including phenoxy) is 1. The van der Waals surface area contributed by atoms with Gasteiger partial charge >= 0.3 is 6.09 Å². The number of carbonyl (C=O) groups is 1. The van der Waals surface area contributed by atoms with Gasteiger partial charge in [0, 0.05) is 29.7 Å². The molecule has 1 saturated heterocycles. The van der Waals surface area contributed by atoms with Crippen molar-refractivity contribution in [3.8, 4) is 11.1 Å². The van der Waals surface area contributed by atoms with Crippen LogP contribution in [-0.4, -0.2) is 16.1 Å². The first-order valence-electron chi connectivity index (χ1n) is 7.88. The maximum atomic E-state index is 13.4. The van der Waals surface area contributed by atoms with Crippen molar-refractivity contribution in [1.29, 1.82) is 0 Å². The van der Waals surface area contributed by atoms with Crippen LogP contribution in [0.1, 0.15) is 23.3 Å². The Kier molecular flexibility index (Phi) is 4.04. The zero-order valence-electron chi connectivity index (χ0n) is 13.4. The Labute approximate surface area is 147 Å². The van der Waals surface area contributed by atoms with Crippen molar-refractivity contribution in [3.63, 3.8) is 0 Å². The van der Waals surface area contributed by atoms with E-state index in [1.165, 1.54) is 24.4 Å². The summed E-state index contributed by atoms with van der Waals surface area (Å²) in [5.74, 6) is -0.820. The van der Waals surface area contributed by atoms with E-state index in [2.05, 4.69) is 15.3 Å². The van der Waals surface area contributed by atoms with Crippen molar-refractivity contribution in [3.05, 3.63) is 83.9 Å². The molecule has 1 N–H and O–H groups in total. The van der Waals surface area contributed by atoms with Gasteiger partial charge in [0.1, 0.15) is 17.7 Å². The Morgan fingerprint density at radius 1 is 0.846 bits per heavy atom. The van der Waals surface area contributed by atoms with Gasteiger partial charge in [0.05, 0.1) is 6.20 Å². The van der Waals surface area contributed by atoms with E-state index in [-0.39, 0.29) is 5.82 Å². The minimum Gasteiger partial charge on any atom is -0.439 e. The number of nitrogens with one attached hydrogen (secondary N) is 1. The van der Waals surface area contributed by atoms with Gasteiger partial charge in [0.2, 0.25) is 0 Å². The van der Waals surface area contributed by atoms with Crippen LogP contribution in [0.2, 0.25) is 0 Å². The van der Waals surface area contributed by atoms with Crippen LogP contribution in [0, 0.1) is 11.6 Å². The lowest BCUT2D eigenvalue weighted by Crippen LogP contribution is -2.19. The van der Waals surface area contributed by atoms with E-state index in [1.807, 2.05) is 0 Å². The van der Waals surface area contributed by atoms with Gasteiger partial charge in [-0.3, -0.25) is 9.97 Å². The fourth-order valence-electron chi connectivity index (χ4n) is 2.95. The smallest absolute Gasteiger partial charge is 0.408 e. The first kappa shape index (κ1) is 16.1. The molecular formula is C19H13F2N3O2. The summed E-state index contributed by atoms with van der Waals surface area (Å²) < 4.78 is 32.0. The summed E-state index contributed by atoms with van der Waals surface area (Å²) in [4.78, 5) is 19.8. The zero-order valence-corrected chi connectivity index (χ0v) is 13.4. The largest absolute Gasteiger partial charge is 0.439 e. The number of nitrogens with zero attached hydrogens (tertiary/aromatic N) is 2. The molecule has 0 unspecified atom stereocenters. The van der Waals surface area contributed by atoms with E-state index in [0.29, 0.717) is 22.3 Å². The molecule has 0 aliphatic carbocycles. The van der Waals surface area contributed by atoms with Crippen LogP contribution < -0.4 is 5.32 Å². The molecule has 5 nitrogen and oxygen atoms in total. The summed E-state index contributed by atoms with van der Waals surface area (Å²) in [5, 5.41) is 2.74. The van der Waals surface area contributed by atoms with Gasteiger partial charge in [0.15, 0.2) is 6.10 Å². The van der Waals surface area contributed by atoms with Crippen LogP contribution in [0.15, 0.2) is 61.2 Å². The third-order valence-corrected chi connectivity index (χ3v) is 4.17. The first-order valence-corrected chi connectivity index (χ1v) is 7.88. The number of benzene rings is 1. The molecule has 3 heterocycles. The van der Waals surface area contributed by atoms with Crippen molar-refractivity contribution < 1.29 is 18.3 Å². The molecule has 1 aliphatic heterocycles. The molecule has 1 amide bonds. The Bertz CT molecular complexity index is 963. The van der Waals surface area contributed by atoms with Crippen LogP contribution in [0.3, 0.4) is 0 Å². The minimum absolute atomic E-state index is 0.371. The second kappa shape index (κ2) is 6.51. The lowest BCUT2D eigenvalue weighted by atomic mass is 9.96. The molecule has 1 fully saturated rings. The van der Waals surface area contributed by atoms with E-state index in [9.17, 15) is 13.6 Å². The van der Waals surface area contributed by atoms with Crippen LogP contribution in [0.5, 0.6) is 0 Å². The molecule has 0 saturated carbocycles. The second-order valence-corrected chi connectivity index (χ2v) is 5.90. The molecule has 2 aromatic heterocycles. The fourth-order valence-corrected chi connectivity index (χ4v) is 2.95. The number of hydrogen-bond donors (Lipinski definition) is 1. The van der Waals surface area contributed by atoms with Crippen LogP contribution in [-0.2, 0) is 4.74 Å². The molecule has 7 heteroatoms. The highest BCUT2D eigenvalue weighted by Gasteiger charge is 2.36. The quantitative estimate of drug-likeness (QED) is 0.775. The van der Waals surface area contributed by atoms with Gasteiger partial charge < -0.3 is 10.1 Å². The highest BCUT2D eigenvalue weighted by molar-refractivity contribution is 5.71. The summed E-state index contributed by atoms with van der Waals surface area (Å²) in [7, 11) is 0. The first-order chi connectivity index (χ1) is 12.6. The number of rotatable bonds is 3. The molecule has 1 aliphatic rings. The Hall–Kier alpha value is -3.35. The molecule has 0 spiro atoms. The number of hydrogen-bond acceptors (Lipinski definition) is 4. The summed E-state index contributed by atoms with van der Waals surface area (Å²) in [6.07, 6.45) is 4.66. The summed E-state index contributed by atoms with van der Waals surface area (Å²) in [6, 6.07) is 8.41. The van der Waals surface area contributed by atoms with Crippen LogP contribution >= 0.6 is 0 Å². The molecule has 130 valence electrons. The van der Waals surface area contributed by atoms with E-state index in [4.69, 9.17) is 4.74 Å². The SMILES string of the molecule is O=C1N[C@@H](c2cncc(-c3cncc(F)c3)c2)[C@H](c2ccc(F)cc2)O1. The monoisotopic (exact) mass is 353 g/mol.